The molecule has 0 fully saturated rings. The van der Waals surface area contributed by atoms with E-state index in [1.807, 2.05) is 42.5 Å². The van der Waals surface area contributed by atoms with Crippen LogP contribution in [-0.4, -0.2) is 34.3 Å². The van der Waals surface area contributed by atoms with Gasteiger partial charge in [-0.1, -0.05) is 32.0 Å². The number of nitrogens with zero attached hydrogens (tertiary/aromatic N) is 2. The number of ether oxygens (including phenoxy) is 2. The third-order valence-corrected chi connectivity index (χ3v) is 4.94. The Morgan fingerprint density at radius 3 is 2.73 bits per heavy atom. The highest BCUT2D eigenvalue weighted by Crippen LogP contribution is 2.31. The van der Waals surface area contributed by atoms with Crippen molar-refractivity contribution in [2.24, 2.45) is 0 Å². The molecule has 4 rings (SSSR count). The van der Waals surface area contributed by atoms with Crippen LogP contribution in [0.2, 0.25) is 0 Å². The maximum atomic E-state index is 12.6. The Morgan fingerprint density at radius 2 is 1.93 bits per heavy atom. The summed E-state index contributed by atoms with van der Waals surface area (Å²) in [4.78, 5) is 17.2. The predicted octanol–water partition coefficient (Wildman–Crippen LogP) is 4.33. The molecule has 2 heterocycles. The summed E-state index contributed by atoms with van der Waals surface area (Å²) in [5.74, 6) is 3.11. The van der Waals surface area contributed by atoms with E-state index in [0.717, 1.165) is 34.9 Å². The third kappa shape index (κ3) is 4.62. The van der Waals surface area contributed by atoms with Crippen molar-refractivity contribution in [3.05, 3.63) is 53.9 Å². The molecule has 0 saturated carbocycles. The molecule has 7 nitrogen and oxygen atoms in total. The summed E-state index contributed by atoms with van der Waals surface area (Å²) < 4.78 is 11.4. The average molecular weight is 406 g/mol. The largest absolute Gasteiger partial charge is 0.490 e. The Balaban J connectivity index is 1.42. The first-order chi connectivity index (χ1) is 14.6. The van der Waals surface area contributed by atoms with Gasteiger partial charge in [0.1, 0.15) is 5.82 Å². The predicted molar refractivity (Wildman–Crippen MR) is 115 cm³/mol. The first-order valence-electron chi connectivity index (χ1n) is 10.3. The number of anilines is 1. The Bertz CT molecular complexity index is 1030. The monoisotopic (exact) mass is 406 g/mol. The number of fused-ring (bicyclic) bond motifs is 1. The van der Waals surface area contributed by atoms with E-state index < -0.39 is 0 Å². The maximum Gasteiger partial charge on any atom is 0.224 e. The van der Waals surface area contributed by atoms with Crippen molar-refractivity contribution in [3.63, 3.8) is 0 Å². The van der Waals surface area contributed by atoms with Gasteiger partial charge in [-0.25, -0.2) is 4.98 Å². The highest BCUT2D eigenvalue weighted by molar-refractivity contribution is 5.94. The number of amides is 1. The van der Waals surface area contributed by atoms with Gasteiger partial charge in [0, 0.05) is 24.3 Å². The minimum absolute atomic E-state index is 0.0609. The number of hydrogen-bond donors (Lipinski definition) is 2. The molecular weight excluding hydrogens is 380 g/mol. The van der Waals surface area contributed by atoms with E-state index in [1.165, 1.54) is 0 Å². The standard InChI is InChI=1S/C23H26N4O3/c1-15(2)22-25-23(27-26-22)17-6-3-4-7-18(17)24-21(28)11-9-16-8-10-19-20(14-16)30-13-5-12-29-19/h3-4,6-8,10,14-15H,5,9,11-13H2,1-2H3,(H,24,28)(H,25,26,27). The topological polar surface area (TPSA) is 89.1 Å². The van der Waals surface area contributed by atoms with Crippen LogP contribution >= 0.6 is 0 Å². The average Bonchev–Trinajstić information content (AvgIpc) is 3.12. The quantitative estimate of drug-likeness (QED) is 0.636. The van der Waals surface area contributed by atoms with Crippen LogP contribution in [0.4, 0.5) is 5.69 Å². The van der Waals surface area contributed by atoms with Crippen molar-refractivity contribution in [3.8, 4) is 22.9 Å². The number of aryl methyl sites for hydroxylation is 1. The van der Waals surface area contributed by atoms with Gasteiger partial charge in [-0.05, 0) is 36.2 Å². The van der Waals surface area contributed by atoms with Crippen LogP contribution in [-0.2, 0) is 11.2 Å². The van der Waals surface area contributed by atoms with E-state index in [2.05, 4.69) is 34.3 Å². The second-order valence-electron chi connectivity index (χ2n) is 7.62. The summed E-state index contributed by atoms with van der Waals surface area (Å²) in [6, 6.07) is 13.4. The molecule has 0 atom stereocenters. The fourth-order valence-electron chi connectivity index (χ4n) is 3.27. The van der Waals surface area contributed by atoms with Crippen molar-refractivity contribution in [1.29, 1.82) is 0 Å². The van der Waals surface area contributed by atoms with Gasteiger partial charge in [-0.2, -0.15) is 5.10 Å². The maximum absolute atomic E-state index is 12.6. The lowest BCUT2D eigenvalue weighted by molar-refractivity contribution is -0.116. The minimum Gasteiger partial charge on any atom is -0.490 e. The molecule has 7 heteroatoms. The SMILES string of the molecule is CC(C)c1nc(-c2ccccc2NC(=O)CCc2ccc3c(c2)OCCCO3)n[nH]1. The smallest absolute Gasteiger partial charge is 0.224 e. The molecule has 1 aromatic heterocycles. The Kier molecular flexibility index (Phi) is 5.97. The molecule has 3 aromatic rings. The molecule has 0 radical (unpaired) electrons. The highest BCUT2D eigenvalue weighted by atomic mass is 16.5. The number of aromatic nitrogens is 3. The van der Waals surface area contributed by atoms with E-state index in [1.54, 1.807) is 0 Å². The minimum atomic E-state index is -0.0609. The van der Waals surface area contributed by atoms with E-state index >= 15 is 0 Å². The molecule has 2 N–H and O–H groups in total. The number of aromatic amines is 1. The fourth-order valence-corrected chi connectivity index (χ4v) is 3.27. The molecule has 0 unspecified atom stereocenters. The Morgan fingerprint density at radius 1 is 1.13 bits per heavy atom. The molecule has 1 aliphatic heterocycles. The number of para-hydroxylation sites is 1. The van der Waals surface area contributed by atoms with Crippen molar-refractivity contribution in [1.82, 2.24) is 15.2 Å². The molecule has 156 valence electrons. The van der Waals surface area contributed by atoms with Crippen LogP contribution < -0.4 is 14.8 Å². The number of rotatable bonds is 6. The van der Waals surface area contributed by atoms with Crippen LogP contribution in [0.25, 0.3) is 11.4 Å². The molecule has 30 heavy (non-hydrogen) atoms. The van der Waals surface area contributed by atoms with Gasteiger partial charge in [-0.15, -0.1) is 0 Å². The molecule has 0 spiro atoms. The summed E-state index contributed by atoms with van der Waals surface area (Å²) >= 11 is 0. The van der Waals surface area contributed by atoms with Gasteiger partial charge < -0.3 is 14.8 Å². The lowest BCUT2D eigenvalue weighted by Crippen LogP contribution is -2.13. The lowest BCUT2D eigenvalue weighted by Gasteiger charge is -2.11. The summed E-state index contributed by atoms with van der Waals surface area (Å²) in [5.41, 5.74) is 2.54. The summed E-state index contributed by atoms with van der Waals surface area (Å²) in [7, 11) is 0. The van der Waals surface area contributed by atoms with Gasteiger partial charge >= 0.3 is 0 Å². The third-order valence-electron chi connectivity index (χ3n) is 4.94. The van der Waals surface area contributed by atoms with Crippen molar-refractivity contribution in [2.75, 3.05) is 18.5 Å². The van der Waals surface area contributed by atoms with E-state index in [9.17, 15) is 4.79 Å². The summed E-state index contributed by atoms with van der Waals surface area (Å²) in [6.07, 6.45) is 1.84. The van der Waals surface area contributed by atoms with Crippen LogP contribution in [0.15, 0.2) is 42.5 Å². The zero-order chi connectivity index (χ0) is 20.9. The highest BCUT2D eigenvalue weighted by Gasteiger charge is 2.15. The van der Waals surface area contributed by atoms with Gasteiger partial charge in [0.05, 0.1) is 18.9 Å². The Labute approximate surface area is 175 Å². The molecule has 0 aliphatic carbocycles. The van der Waals surface area contributed by atoms with Crippen LogP contribution in [0, 0.1) is 0 Å². The van der Waals surface area contributed by atoms with Crippen molar-refractivity contribution in [2.45, 2.75) is 39.0 Å². The zero-order valence-corrected chi connectivity index (χ0v) is 17.3. The van der Waals surface area contributed by atoms with Crippen LogP contribution in [0.3, 0.4) is 0 Å². The van der Waals surface area contributed by atoms with E-state index in [-0.39, 0.29) is 11.8 Å². The number of hydrogen-bond acceptors (Lipinski definition) is 5. The Hall–Kier alpha value is -3.35. The van der Waals surface area contributed by atoms with Gasteiger partial charge in [-0.3, -0.25) is 9.89 Å². The van der Waals surface area contributed by atoms with E-state index in [4.69, 9.17) is 9.47 Å². The van der Waals surface area contributed by atoms with Crippen molar-refractivity contribution < 1.29 is 14.3 Å². The van der Waals surface area contributed by atoms with Gasteiger partial charge in [0.15, 0.2) is 17.3 Å². The van der Waals surface area contributed by atoms with Gasteiger partial charge in [0.2, 0.25) is 5.91 Å². The first-order valence-corrected chi connectivity index (χ1v) is 10.3. The molecule has 0 saturated heterocycles. The number of benzene rings is 2. The lowest BCUT2D eigenvalue weighted by atomic mass is 10.1. The molecular formula is C23H26N4O3. The fraction of sp³-hybridized carbons (Fsp3) is 0.348. The van der Waals surface area contributed by atoms with Crippen molar-refractivity contribution >= 4 is 11.6 Å². The molecule has 1 amide bonds. The number of carbonyl (C=O) groups is 1. The van der Waals surface area contributed by atoms with E-state index in [0.29, 0.717) is 37.6 Å². The number of carbonyl (C=O) groups excluding carboxylic acids is 1. The van der Waals surface area contributed by atoms with Gasteiger partial charge in [0.25, 0.3) is 0 Å². The molecule has 1 aliphatic rings. The molecule has 2 aromatic carbocycles. The summed E-state index contributed by atoms with van der Waals surface area (Å²) in [6.45, 7) is 5.42. The second-order valence-corrected chi connectivity index (χ2v) is 7.62. The van der Waals surface area contributed by atoms with Crippen LogP contribution in [0.5, 0.6) is 11.5 Å². The van der Waals surface area contributed by atoms with Crippen LogP contribution in [0.1, 0.15) is 44.0 Å². The number of H-pyrrole nitrogens is 1. The number of nitrogens with one attached hydrogen (secondary N) is 2. The molecule has 0 bridgehead atoms. The summed E-state index contributed by atoms with van der Waals surface area (Å²) in [5, 5.41) is 10.3. The first kappa shape index (κ1) is 19.9. The second kappa shape index (κ2) is 8.98. The zero-order valence-electron chi connectivity index (χ0n) is 17.3. The normalized spacial score (nSPS) is 13.2.